The van der Waals surface area contributed by atoms with E-state index in [2.05, 4.69) is 5.32 Å². The Balaban J connectivity index is 2.29. The number of hydrogen-bond acceptors (Lipinski definition) is 3. The topological polar surface area (TPSA) is 38.3 Å². The zero-order chi connectivity index (χ0) is 15.2. The van der Waals surface area contributed by atoms with Crippen LogP contribution in [-0.4, -0.2) is 26.0 Å². The molecule has 0 aliphatic heterocycles. The maximum atomic E-state index is 12.7. The summed E-state index contributed by atoms with van der Waals surface area (Å²) in [6.45, 7) is 2.04. The summed E-state index contributed by atoms with van der Waals surface area (Å²) in [6, 6.07) is 16.9. The van der Waals surface area contributed by atoms with E-state index in [4.69, 9.17) is 4.74 Å². The Hall–Kier alpha value is -1.97. The number of carbonyl (C=O) groups is 1. The van der Waals surface area contributed by atoms with Crippen LogP contribution in [-0.2, 0) is 4.74 Å². The second-order valence-corrected chi connectivity index (χ2v) is 5.06. The molecule has 21 heavy (non-hydrogen) atoms. The number of benzene rings is 2. The summed E-state index contributed by atoms with van der Waals surface area (Å²) >= 11 is 0. The van der Waals surface area contributed by atoms with Crippen molar-refractivity contribution in [2.75, 3.05) is 14.2 Å². The number of methoxy groups -OCH3 is 1. The first-order valence-electron chi connectivity index (χ1n) is 7.03. The molecule has 0 saturated carbocycles. The van der Waals surface area contributed by atoms with Crippen LogP contribution in [0.5, 0.6) is 0 Å². The molecule has 0 aliphatic carbocycles. The van der Waals surface area contributed by atoms with Crippen LogP contribution >= 0.6 is 0 Å². The van der Waals surface area contributed by atoms with Gasteiger partial charge in [-0.3, -0.25) is 4.79 Å². The summed E-state index contributed by atoms with van der Waals surface area (Å²) in [5, 5.41) is 3.09. The lowest BCUT2D eigenvalue weighted by Crippen LogP contribution is -2.40. The highest BCUT2D eigenvalue weighted by Crippen LogP contribution is 2.23. The average molecular weight is 283 g/mol. The number of nitrogens with one attached hydrogen (secondary N) is 1. The van der Waals surface area contributed by atoms with Crippen LogP contribution in [0.4, 0.5) is 0 Å². The van der Waals surface area contributed by atoms with Crippen molar-refractivity contribution < 1.29 is 9.53 Å². The predicted octanol–water partition coefficient (Wildman–Crippen LogP) is 3.15. The molecule has 3 heteroatoms. The van der Waals surface area contributed by atoms with Gasteiger partial charge in [0.1, 0.15) is 12.1 Å². The lowest BCUT2D eigenvalue weighted by Gasteiger charge is -2.25. The Morgan fingerprint density at radius 1 is 1.05 bits per heavy atom. The molecule has 0 fully saturated rings. The van der Waals surface area contributed by atoms with Crippen molar-refractivity contribution in [2.24, 2.45) is 0 Å². The minimum atomic E-state index is -0.417. The van der Waals surface area contributed by atoms with Crippen LogP contribution < -0.4 is 5.32 Å². The van der Waals surface area contributed by atoms with Crippen molar-refractivity contribution >= 4 is 5.78 Å². The van der Waals surface area contributed by atoms with Gasteiger partial charge in [0, 0.05) is 12.7 Å². The molecular formula is C18H21NO2. The number of likely N-dealkylation sites (N-methyl/N-ethyl adjacent to an activating group) is 1. The molecule has 0 aliphatic rings. The maximum Gasteiger partial charge on any atom is 0.182 e. The third-order valence-corrected chi connectivity index (χ3v) is 3.61. The van der Waals surface area contributed by atoms with E-state index in [1.807, 2.05) is 61.5 Å². The summed E-state index contributed by atoms with van der Waals surface area (Å²) < 4.78 is 5.59. The van der Waals surface area contributed by atoms with E-state index in [0.29, 0.717) is 5.56 Å². The Morgan fingerprint density at radius 2 is 1.67 bits per heavy atom. The van der Waals surface area contributed by atoms with Crippen molar-refractivity contribution in [3.63, 3.8) is 0 Å². The maximum absolute atomic E-state index is 12.7. The molecule has 3 nitrogen and oxygen atoms in total. The van der Waals surface area contributed by atoms with Crippen LogP contribution in [0.25, 0.3) is 0 Å². The summed E-state index contributed by atoms with van der Waals surface area (Å²) in [5.41, 5.74) is 2.86. The average Bonchev–Trinajstić information content (AvgIpc) is 2.54. The quantitative estimate of drug-likeness (QED) is 0.828. The summed E-state index contributed by atoms with van der Waals surface area (Å²) in [6.07, 6.45) is -0.316. The largest absolute Gasteiger partial charge is 0.375 e. The zero-order valence-corrected chi connectivity index (χ0v) is 12.7. The molecule has 2 aromatic rings. The Kier molecular flexibility index (Phi) is 5.26. The van der Waals surface area contributed by atoms with Crippen molar-refractivity contribution in [3.8, 4) is 0 Å². The van der Waals surface area contributed by atoms with Gasteiger partial charge in [-0.15, -0.1) is 0 Å². The van der Waals surface area contributed by atoms with Crippen LogP contribution in [0.3, 0.4) is 0 Å². The molecule has 0 bridgehead atoms. The number of ketones is 1. The van der Waals surface area contributed by atoms with E-state index in [1.165, 1.54) is 5.56 Å². The first-order valence-corrected chi connectivity index (χ1v) is 7.03. The van der Waals surface area contributed by atoms with Gasteiger partial charge in [-0.1, -0.05) is 60.2 Å². The fourth-order valence-corrected chi connectivity index (χ4v) is 2.42. The van der Waals surface area contributed by atoms with Gasteiger partial charge in [0.25, 0.3) is 0 Å². The molecular weight excluding hydrogens is 262 g/mol. The van der Waals surface area contributed by atoms with Gasteiger partial charge in [-0.25, -0.2) is 0 Å². The predicted molar refractivity (Wildman–Crippen MR) is 84.5 cm³/mol. The Bertz CT molecular complexity index is 578. The second-order valence-electron chi connectivity index (χ2n) is 5.06. The number of Topliss-reactive ketones (excluding diaryl/α,β-unsaturated/α-hetero) is 1. The lowest BCUT2D eigenvalue weighted by atomic mass is 9.94. The highest BCUT2D eigenvalue weighted by Gasteiger charge is 2.28. The van der Waals surface area contributed by atoms with Crippen molar-refractivity contribution in [2.45, 2.75) is 19.1 Å². The SMILES string of the molecule is CN[C@@H](C(=O)c1ccccc1)[C@H](OC)c1ccc(C)cc1. The second kappa shape index (κ2) is 7.16. The molecule has 0 aromatic heterocycles. The van der Waals surface area contributed by atoms with Crippen LogP contribution in [0.2, 0.25) is 0 Å². The first kappa shape index (κ1) is 15.4. The molecule has 0 unspecified atom stereocenters. The monoisotopic (exact) mass is 283 g/mol. The number of carbonyl (C=O) groups excluding carboxylic acids is 1. The van der Waals surface area contributed by atoms with Crippen LogP contribution in [0.15, 0.2) is 54.6 Å². The molecule has 2 atom stereocenters. The van der Waals surface area contributed by atoms with E-state index >= 15 is 0 Å². The number of rotatable bonds is 6. The van der Waals surface area contributed by atoms with Gasteiger partial charge in [-0.2, -0.15) is 0 Å². The molecule has 0 saturated heterocycles. The van der Waals surface area contributed by atoms with Crippen LogP contribution in [0.1, 0.15) is 27.6 Å². The van der Waals surface area contributed by atoms with Crippen molar-refractivity contribution in [3.05, 3.63) is 71.3 Å². The Morgan fingerprint density at radius 3 is 2.19 bits per heavy atom. The minimum Gasteiger partial charge on any atom is -0.375 e. The van der Waals surface area contributed by atoms with Gasteiger partial charge >= 0.3 is 0 Å². The third kappa shape index (κ3) is 3.57. The smallest absolute Gasteiger partial charge is 0.182 e. The van der Waals surface area contributed by atoms with Gasteiger partial charge < -0.3 is 10.1 Å². The lowest BCUT2D eigenvalue weighted by molar-refractivity contribution is 0.0565. The van der Waals surface area contributed by atoms with Crippen molar-refractivity contribution in [1.29, 1.82) is 0 Å². The molecule has 110 valence electrons. The summed E-state index contributed by atoms with van der Waals surface area (Å²) in [5.74, 6) is 0.0329. The standard InChI is InChI=1S/C18H21NO2/c1-13-9-11-15(12-10-13)18(21-3)16(19-2)17(20)14-7-5-4-6-8-14/h4-12,16,18-19H,1-3H3/t16-,18+/m0/s1. The van der Waals surface area contributed by atoms with Crippen LogP contribution in [0, 0.1) is 6.92 Å². The normalized spacial score (nSPS) is 13.7. The highest BCUT2D eigenvalue weighted by molar-refractivity contribution is 6.00. The fourth-order valence-electron chi connectivity index (χ4n) is 2.42. The van der Waals surface area contributed by atoms with Crippen molar-refractivity contribution in [1.82, 2.24) is 5.32 Å². The molecule has 0 spiro atoms. The van der Waals surface area contributed by atoms with Gasteiger partial charge in [0.2, 0.25) is 0 Å². The minimum absolute atomic E-state index is 0.0329. The number of ether oxygens (including phenoxy) is 1. The molecule has 0 heterocycles. The summed E-state index contributed by atoms with van der Waals surface area (Å²) in [7, 11) is 3.42. The third-order valence-electron chi connectivity index (χ3n) is 3.61. The Labute approximate surface area is 126 Å². The molecule has 0 radical (unpaired) electrons. The molecule has 0 amide bonds. The fraction of sp³-hybridized carbons (Fsp3) is 0.278. The summed E-state index contributed by atoms with van der Waals surface area (Å²) in [4.78, 5) is 12.7. The first-order chi connectivity index (χ1) is 10.2. The number of aryl methyl sites for hydroxylation is 1. The number of hydrogen-bond donors (Lipinski definition) is 1. The molecule has 2 rings (SSSR count). The molecule has 1 N–H and O–H groups in total. The van der Waals surface area contributed by atoms with E-state index in [9.17, 15) is 4.79 Å². The van der Waals surface area contributed by atoms with E-state index < -0.39 is 6.04 Å². The zero-order valence-electron chi connectivity index (χ0n) is 12.7. The van der Waals surface area contributed by atoms with Gasteiger partial charge in [-0.05, 0) is 19.5 Å². The van der Waals surface area contributed by atoms with Gasteiger partial charge in [0.05, 0.1) is 0 Å². The van der Waals surface area contributed by atoms with E-state index in [-0.39, 0.29) is 11.9 Å². The van der Waals surface area contributed by atoms with E-state index in [1.54, 1.807) is 14.2 Å². The molecule has 2 aromatic carbocycles. The highest BCUT2D eigenvalue weighted by atomic mass is 16.5. The van der Waals surface area contributed by atoms with Gasteiger partial charge in [0.15, 0.2) is 5.78 Å². The van der Waals surface area contributed by atoms with E-state index in [0.717, 1.165) is 5.56 Å².